The molecule has 0 aliphatic rings. The van der Waals surface area contributed by atoms with Gasteiger partial charge in [-0.25, -0.2) is 0 Å². The molecule has 0 heterocycles. The molecule has 0 aromatic carbocycles. The van der Waals surface area contributed by atoms with Crippen molar-refractivity contribution < 1.29 is 19.5 Å². The molecule has 0 fully saturated rings. The molecule has 0 radical (unpaired) electrons. The SMILES string of the molecule is NC(CO)P(=O)(O)O.[N-]=[N+]=[N-]. The molecule has 1 unspecified atom stereocenters. The van der Waals surface area contributed by atoms with Gasteiger partial charge in [-0.2, -0.15) is 0 Å². The van der Waals surface area contributed by atoms with Crippen molar-refractivity contribution in [3.63, 3.8) is 0 Å². The normalized spacial score (nSPS) is 12.4. The first-order chi connectivity index (χ1) is 4.90. The standard InChI is InChI=1S/C2H8NO4P.N3/c3-2(1-4)8(5,6)7;1-3-2/h2,4H,1,3H2,(H2,5,6,7);/q;-1. The highest BCUT2D eigenvalue weighted by Gasteiger charge is 2.22. The number of rotatable bonds is 2. The Morgan fingerprint density at radius 3 is 1.82 bits per heavy atom. The van der Waals surface area contributed by atoms with Crippen LogP contribution >= 0.6 is 7.60 Å². The topological polar surface area (TPSA) is 162 Å². The van der Waals surface area contributed by atoms with Gasteiger partial charge in [-0.15, -0.1) is 0 Å². The Bertz CT molecular complexity index is 171. The summed E-state index contributed by atoms with van der Waals surface area (Å²) in [6.45, 7) is -0.690. The van der Waals surface area contributed by atoms with Crippen molar-refractivity contribution in [1.82, 2.24) is 0 Å². The summed E-state index contributed by atoms with van der Waals surface area (Å²) in [5.74, 6) is -1.43. The summed E-state index contributed by atoms with van der Waals surface area (Å²) >= 11 is 0. The van der Waals surface area contributed by atoms with Gasteiger partial charge in [0, 0.05) is 0 Å². The van der Waals surface area contributed by atoms with Gasteiger partial charge in [0.05, 0.1) is 6.61 Å². The summed E-state index contributed by atoms with van der Waals surface area (Å²) < 4.78 is 9.97. The van der Waals surface area contributed by atoms with Crippen LogP contribution in [0.25, 0.3) is 16.0 Å². The molecule has 11 heavy (non-hydrogen) atoms. The summed E-state index contributed by atoms with van der Waals surface area (Å²) in [4.78, 5) is 17.7. The van der Waals surface area contributed by atoms with E-state index in [0.717, 1.165) is 0 Å². The van der Waals surface area contributed by atoms with Crippen molar-refractivity contribution in [2.45, 2.75) is 5.78 Å². The molecule has 1 atom stereocenters. The van der Waals surface area contributed by atoms with Crippen LogP contribution in [0.3, 0.4) is 0 Å². The van der Waals surface area contributed by atoms with E-state index in [9.17, 15) is 4.57 Å². The van der Waals surface area contributed by atoms with Crippen LogP contribution in [0.4, 0.5) is 0 Å². The Hall–Kier alpha value is -0.620. The fourth-order valence-electron chi connectivity index (χ4n) is 0.106. The van der Waals surface area contributed by atoms with Crippen LogP contribution in [0, 0.1) is 0 Å². The minimum atomic E-state index is -4.23. The van der Waals surface area contributed by atoms with Crippen LogP contribution in [0.1, 0.15) is 0 Å². The second-order valence-electron chi connectivity index (χ2n) is 1.43. The van der Waals surface area contributed by atoms with E-state index in [2.05, 4.69) is 0 Å². The van der Waals surface area contributed by atoms with Gasteiger partial charge in [0.2, 0.25) is 0 Å². The first-order valence-corrected chi connectivity index (χ1v) is 3.98. The minimum absolute atomic E-state index is 0.690. The molecule has 0 amide bonds. The van der Waals surface area contributed by atoms with Crippen LogP contribution in [-0.4, -0.2) is 27.3 Å². The maximum Gasteiger partial charge on any atom is 0.344 e. The lowest BCUT2D eigenvalue weighted by molar-refractivity contribution is 0.267. The Kier molecular flexibility index (Phi) is 7.23. The summed E-state index contributed by atoms with van der Waals surface area (Å²) in [6.07, 6.45) is 0. The molecule has 0 rings (SSSR count). The lowest BCUT2D eigenvalue weighted by Crippen LogP contribution is -2.23. The monoisotopic (exact) mass is 183 g/mol. The van der Waals surface area contributed by atoms with Crippen molar-refractivity contribution >= 4 is 7.60 Å². The number of aliphatic hydroxyl groups excluding tert-OH is 1. The molecule has 66 valence electrons. The third kappa shape index (κ3) is 9.38. The molecule has 0 aromatic heterocycles. The Balaban J connectivity index is 0. The third-order valence-corrected chi connectivity index (χ3v) is 1.65. The zero-order valence-electron chi connectivity index (χ0n) is 5.40. The van der Waals surface area contributed by atoms with Crippen LogP contribution in [0.15, 0.2) is 0 Å². The van der Waals surface area contributed by atoms with Gasteiger partial charge < -0.3 is 31.7 Å². The lowest BCUT2D eigenvalue weighted by atomic mass is 10.7. The van der Waals surface area contributed by atoms with E-state index in [1.165, 1.54) is 4.91 Å². The molecule has 0 aliphatic carbocycles. The molecule has 0 saturated carbocycles. The van der Waals surface area contributed by atoms with E-state index in [1.54, 1.807) is 0 Å². The van der Waals surface area contributed by atoms with E-state index in [-0.39, 0.29) is 0 Å². The summed E-state index contributed by atoms with van der Waals surface area (Å²) in [5, 5.41) is 8.05. The first kappa shape index (κ1) is 13.0. The van der Waals surface area contributed by atoms with E-state index >= 15 is 0 Å². The molecule has 0 aromatic rings. The van der Waals surface area contributed by atoms with Crippen molar-refractivity contribution in [2.24, 2.45) is 5.73 Å². The maximum atomic E-state index is 9.97. The molecule has 8 nitrogen and oxygen atoms in total. The highest BCUT2D eigenvalue weighted by molar-refractivity contribution is 7.52. The van der Waals surface area contributed by atoms with Crippen molar-refractivity contribution in [3.05, 3.63) is 16.0 Å². The smallest absolute Gasteiger partial charge is 0.344 e. The Morgan fingerprint density at radius 1 is 1.55 bits per heavy atom. The van der Waals surface area contributed by atoms with Gasteiger partial charge in [0.15, 0.2) is 0 Å². The minimum Gasteiger partial charge on any atom is -0.394 e. The van der Waals surface area contributed by atoms with Gasteiger partial charge in [-0.1, -0.05) is 0 Å². The van der Waals surface area contributed by atoms with Gasteiger partial charge in [0.1, 0.15) is 5.78 Å². The second kappa shape index (κ2) is 6.11. The summed E-state index contributed by atoms with van der Waals surface area (Å²) in [6, 6.07) is 0. The average Bonchev–Trinajstić information content (AvgIpc) is 1.86. The van der Waals surface area contributed by atoms with Gasteiger partial charge >= 0.3 is 7.60 Å². The fraction of sp³-hybridized carbons (Fsp3) is 1.00. The molecule has 5 N–H and O–H groups in total. The number of nitrogens with zero attached hydrogens (tertiary/aromatic N) is 3. The zero-order chi connectivity index (χ0) is 9.49. The van der Waals surface area contributed by atoms with Crippen molar-refractivity contribution in [2.75, 3.05) is 6.61 Å². The van der Waals surface area contributed by atoms with Crippen LogP contribution in [0.5, 0.6) is 0 Å². The van der Waals surface area contributed by atoms with Crippen molar-refractivity contribution in [3.8, 4) is 0 Å². The van der Waals surface area contributed by atoms with E-state index < -0.39 is 20.0 Å². The lowest BCUT2D eigenvalue weighted by Gasteiger charge is -2.08. The van der Waals surface area contributed by atoms with Gasteiger partial charge in [-0.3, -0.25) is 9.48 Å². The molecule has 0 bridgehead atoms. The maximum absolute atomic E-state index is 9.97. The second-order valence-corrected chi connectivity index (χ2v) is 3.27. The molecule has 9 heteroatoms. The van der Waals surface area contributed by atoms with Crippen molar-refractivity contribution in [1.29, 1.82) is 0 Å². The Labute approximate surface area is 62.2 Å². The largest absolute Gasteiger partial charge is 0.394 e. The predicted molar refractivity (Wildman–Crippen MR) is 37.2 cm³/mol. The highest BCUT2D eigenvalue weighted by atomic mass is 31.2. The van der Waals surface area contributed by atoms with Gasteiger partial charge in [-0.05, 0) is 0 Å². The summed E-state index contributed by atoms with van der Waals surface area (Å²) in [7, 11) is -4.23. The molecule has 0 aliphatic heterocycles. The molecular formula is C2H8N4O4P-. The third-order valence-electron chi connectivity index (χ3n) is 0.619. The van der Waals surface area contributed by atoms with Crippen LogP contribution < -0.4 is 5.73 Å². The number of aliphatic hydroxyl groups is 1. The fourth-order valence-corrected chi connectivity index (χ4v) is 0.319. The van der Waals surface area contributed by atoms with Crippen LogP contribution in [-0.2, 0) is 4.57 Å². The summed E-state index contributed by atoms with van der Waals surface area (Å²) in [5.41, 5.74) is 18.2. The molecular weight excluding hydrogens is 175 g/mol. The molecule has 0 spiro atoms. The van der Waals surface area contributed by atoms with E-state index in [0.29, 0.717) is 0 Å². The van der Waals surface area contributed by atoms with Gasteiger partial charge in [0.25, 0.3) is 0 Å². The van der Waals surface area contributed by atoms with E-state index in [4.69, 9.17) is 31.7 Å². The quantitative estimate of drug-likeness (QED) is 0.192. The average molecular weight is 183 g/mol. The highest BCUT2D eigenvalue weighted by Crippen LogP contribution is 2.37. The van der Waals surface area contributed by atoms with E-state index in [1.807, 2.05) is 0 Å². The predicted octanol–water partition coefficient (Wildman–Crippen LogP) is -0.693. The number of hydrogen-bond acceptors (Lipinski definition) is 3. The zero-order valence-corrected chi connectivity index (χ0v) is 6.29. The van der Waals surface area contributed by atoms with Crippen LogP contribution in [0.2, 0.25) is 0 Å². The number of hydrogen-bond donors (Lipinski definition) is 4. The molecule has 0 saturated heterocycles. The number of nitrogens with two attached hydrogens (primary N) is 1. The Morgan fingerprint density at radius 2 is 1.82 bits per heavy atom. The first-order valence-electron chi connectivity index (χ1n) is 2.30.